The number of benzene rings is 3. The molecule has 4 N–H and O–H groups in total. The number of anilines is 2. The normalized spacial score (nSPS) is 12.6. The van der Waals surface area contributed by atoms with Gasteiger partial charge in [0.2, 0.25) is 29.0 Å². The molecule has 0 amide bonds. The van der Waals surface area contributed by atoms with Crippen molar-refractivity contribution in [1.82, 2.24) is 0 Å². The van der Waals surface area contributed by atoms with Gasteiger partial charge in [-0.05, 0) is 0 Å². The maximum atomic E-state index is 15.1. The van der Waals surface area contributed by atoms with Crippen molar-refractivity contribution in [3.05, 3.63) is 69.5 Å². The highest BCUT2D eigenvalue weighted by Crippen LogP contribution is 2.49. The first-order chi connectivity index (χ1) is 18.5. The molecule has 0 unspecified atom stereocenters. The van der Waals surface area contributed by atoms with Crippen LogP contribution in [-0.4, -0.2) is 0 Å². The molecule has 0 aliphatic rings. The number of nitrogen functional groups attached to an aromatic ring is 2. The summed E-state index contributed by atoms with van der Waals surface area (Å²) in [5.41, 5.74) is -1.58. The van der Waals surface area contributed by atoms with E-state index >= 15 is 4.39 Å². The molecule has 20 heteroatoms. The van der Waals surface area contributed by atoms with Crippen LogP contribution >= 0.6 is 0 Å². The maximum Gasteiger partial charge on any atom is 0.423 e. The van der Waals surface area contributed by atoms with E-state index in [4.69, 9.17) is 11.5 Å². The third kappa shape index (κ3) is 5.53. The summed E-state index contributed by atoms with van der Waals surface area (Å²) in [5, 5.41) is 0. The molecular weight excluding hydrogens is 616 g/mol. The number of hydrogen-bond acceptors (Lipinski definition) is 4. The Kier molecular flexibility index (Phi) is 7.61. The third-order valence-electron chi connectivity index (χ3n) is 4.92. The molecule has 0 aromatic heterocycles. The van der Waals surface area contributed by atoms with Gasteiger partial charge < -0.3 is 20.9 Å². The van der Waals surface area contributed by atoms with Gasteiger partial charge in [-0.2, -0.15) is 57.1 Å². The lowest BCUT2D eigenvalue weighted by Gasteiger charge is -2.20. The van der Waals surface area contributed by atoms with Crippen molar-refractivity contribution < 1.29 is 79.7 Å². The SMILES string of the molecule is Nc1cc(Oc2c(F)c(F)c(C(F)(F)F)c(Oc3cc(N)c(C(F)(F)F)c(F)c3F)c2F)c(F)c(F)c1C(F)(F)F. The average Bonchev–Trinajstić information content (AvgIpc) is 2.78. The molecule has 3 rings (SSSR count). The zero-order valence-electron chi connectivity index (χ0n) is 18.7. The molecule has 0 fully saturated rings. The van der Waals surface area contributed by atoms with Gasteiger partial charge in [0, 0.05) is 12.1 Å². The molecule has 41 heavy (non-hydrogen) atoms. The molecule has 0 aliphatic carbocycles. The van der Waals surface area contributed by atoms with Crippen LogP contribution in [0.15, 0.2) is 12.1 Å². The van der Waals surface area contributed by atoms with E-state index in [0.717, 1.165) is 0 Å². The van der Waals surface area contributed by atoms with Crippen LogP contribution in [0, 0.1) is 40.7 Å². The standard InChI is InChI=1S/C21H6F16N2O2/c22-10-5(1-3(38)7(12(10)24)19(29,30)31)40-17-9(21(35,36)37)14(26)15(27)18(16(17)28)41-6-2-4(39)8(20(32,33)34)13(25)11(6)23/h1-2H,38-39H2. The van der Waals surface area contributed by atoms with Crippen molar-refractivity contribution >= 4 is 11.4 Å². The first-order valence-corrected chi connectivity index (χ1v) is 9.82. The second-order valence-corrected chi connectivity index (χ2v) is 7.61. The van der Waals surface area contributed by atoms with Crippen LogP contribution < -0.4 is 20.9 Å². The van der Waals surface area contributed by atoms with Gasteiger partial charge in [-0.1, -0.05) is 0 Å². The Bertz CT molecular complexity index is 1540. The highest BCUT2D eigenvalue weighted by atomic mass is 19.4. The van der Waals surface area contributed by atoms with Crippen molar-refractivity contribution in [2.75, 3.05) is 11.5 Å². The van der Waals surface area contributed by atoms with Crippen molar-refractivity contribution in [1.29, 1.82) is 0 Å². The molecule has 224 valence electrons. The smallest absolute Gasteiger partial charge is 0.423 e. The summed E-state index contributed by atoms with van der Waals surface area (Å²) in [5.74, 6) is -29.3. The van der Waals surface area contributed by atoms with Crippen molar-refractivity contribution in [3.8, 4) is 23.0 Å². The van der Waals surface area contributed by atoms with E-state index in [1.807, 2.05) is 0 Å². The predicted octanol–water partition coefficient (Wildman–Crippen LogP) is 8.47. The molecule has 0 saturated carbocycles. The molecular formula is C21H6F16N2O2. The minimum Gasteiger partial charge on any atom is -0.450 e. The predicted molar refractivity (Wildman–Crippen MR) is 103 cm³/mol. The fourth-order valence-electron chi connectivity index (χ4n) is 3.24. The zero-order chi connectivity index (χ0) is 31.6. The van der Waals surface area contributed by atoms with E-state index in [1.165, 1.54) is 0 Å². The van der Waals surface area contributed by atoms with Crippen LogP contribution in [0.1, 0.15) is 16.7 Å². The number of alkyl halides is 9. The highest BCUT2D eigenvalue weighted by Gasteiger charge is 2.45. The Balaban J connectivity index is 2.29. The first kappa shape index (κ1) is 31.3. The summed E-state index contributed by atoms with van der Waals surface area (Å²) in [4.78, 5) is 0. The number of hydrogen-bond donors (Lipinski definition) is 2. The molecule has 0 atom stereocenters. The van der Waals surface area contributed by atoms with E-state index in [9.17, 15) is 65.9 Å². The molecule has 0 aliphatic heterocycles. The van der Waals surface area contributed by atoms with Gasteiger partial charge in [-0.25, -0.2) is 13.2 Å². The van der Waals surface area contributed by atoms with Crippen LogP contribution in [0.25, 0.3) is 0 Å². The van der Waals surface area contributed by atoms with Gasteiger partial charge in [0.1, 0.15) is 16.7 Å². The van der Waals surface area contributed by atoms with Crippen molar-refractivity contribution in [3.63, 3.8) is 0 Å². The molecule has 0 spiro atoms. The van der Waals surface area contributed by atoms with Crippen molar-refractivity contribution in [2.24, 2.45) is 0 Å². The molecule has 0 bridgehead atoms. The Morgan fingerprint density at radius 2 is 0.732 bits per heavy atom. The molecule has 3 aromatic rings. The van der Waals surface area contributed by atoms with Crippen LogP contribution in [0.2, 0.25) is 0 Å². The number of rotatable bonds is 4. The van der Waals surface area contributed by atoms with Gasteiger partial charge in [0.25, 0.3) is 0 Å². The minimum absolute atomic E-state index is 0.248. The summed E-state index contributed by atoms with van der Waals surface area (Å²) < 4.78 is 226. The van der Waals surface area contributed by atoms with Gasteiger partial charge in [-0.3, -0.25) is 0 Å². The molecule has 4 nitrogen and oxygen atoms in total. The number of ether oxygens (including phenoxy) is 2. The fraction of sp³-hybridized carbons (Fsp3) is 0.143. The minimum atomic E-state index is -6.16. The quantitative estimate of drug-likeness (QED) is 0.174. The lowest BCUT2D eigenvalue weighted by molar-refractivity contribution is -0.142. The van der Waals surface area contributed by atoms with Crippen LogP contribution in [0.5, 0.6) is 23.0 Å². The van der Waals surface area contributed by atoms with E-state index in [-0.39, 0.29) is 12.1 Å². The molecule has 0 saturated heterocycles. The number of halogens is 16. The summed E-state index contributed by atoms with van der Waals surface area (Å²) >= 11 is 0. The van der Waals surface area contributed by atoms with Crippen molar-refractivity contribution in [2.45, 2.75) is 18.5 Å². The highest BCUT2D eigenvalue weighted by molar-refractivity contribution is 5.58. The Labute approximate surface area is 214 Å². The van der Waals surface area contributed by atoms with E-state index in [2.05, 4.69) is 9.47 Å². The maximum absolute atomic E-state index is 15.1. The molecule has 0 heterocycles. The first-order valence-electron chi connectivity index (χ1n) is 9.82. The van der Waals surface area contributed by atoms with E-state index < -0.39 is 110 Å². The van der Waals surface area contributed by atoms with Gasteiger partial charge >= 0.3 is 18.5 Å². The zero-order valence-corrected chi connectivity index (χ0v) is 18.7. The molecule has 0 radical (unpaired) electrons. The Morgan fingerprint density at radius 3 is 1.07 bits per heavy atom. The monoisotopic (exact) mass is 622 g/mol. The second-order valence-electron chi connectivity index (χ2n) is 7.61. The third-order valence-corrected chi connectivity index (χ3v) is 4.92. The fourth-order valence-corrected chi connectivity index (χ4v) is 3.24. The average molecular weight is 622 g/mol. The van der Waals surface area contributed by atoms with Crippen LogP contribution in [0.3, 0.4) is 0 Å². The Morgan fingerprint density at radius 1 is 0.415 bits per heavy atom. The lowest BCUT2D eigenvalue weighted by atomic mass is 10.1. The Hall–Kier alpha value is -4.26. The summed E-state index contributed by atoms with van der Waals surface area (Å²) in [6, 6.07) is -0.559. The van der Waals surface area contributed by atoms with Gasteiger partial charge in [0.15, 0.2) is 34.7 Å². The molecule has 3 aromatic carbocycles. The lowest BCUT2D eigenvalue weighted by Crippen LogP contribution is -2.17. The second kappa shape index (κ2) is 9.98. The number of nitrogens with two attached hydrogens (primary N) is 2. The van der Waals surface area contributed by atoms with Gasteiger partial charge in [0.05, 0.1) is 11.4 Å². The van der Waals surface area contributed by atoms with Gasteiger partial charge in [-0.15, -0.1) is 0 Å². The topological polar surface area (TPSA) is 70.5 Å². The summed E-state index contributed by atoms with van der Waals surface area (Å²) in [7, 11) is 0. The van der Waals surface area contributed by atoms with Crippen LogP contribution in [0.4, 0.5) is 81.6 Å². The largest absolute Gasteiger partial charge is 0.450 e. The van der Waals surface area contributed by atoms with Crippen LogP contribution in [-0.2, 0) is 18.5 Å². The van der Waals surface area contributed by atoms with E-state index in [1.54, 1.807) is 0 Å². The summed E-state index contributed by atoms with van der Waals surface area (Å²) in [6.45, 7) is 0. The van der Waals surface area contributed by atoms with E-state index in [0.29, 0.717) is 0 Å². The summed E-state index contributed by atoms with van der Waals surface area (Å²) in [6.07, 6.45) is -17.5.